The van der Waals surface area contributed by atoms with E-state index in [1.807, 2.05) is 12.1 Å². The summed E-state index contributed by atoms with van der Waals surface area (Å²) < 4.78 is 1.10. The van der Waals surface area contributed by atoms with E-state index in [0.717, 1.165) is 27.4 Å². The third kappa shape index (κ3) is 3.25. The molecular formula is C12H13Br3N4. The fourth-order valence-electron chi connectivity index (χ4n) is 1.96. The van der Waals surface area contributed by atoms with Crippen LogP contribution in [0.3, 0.4) is 0 Å². The Kier molecular flexibility index (Phi) is 5.14. The molecule has 0 spiro atoms. The summed E-state index contributed by atoms with van der Waals surface area (Å²) in [6, 6.07) is 8.24. The zero-order valence-corrected chi connectivity index (χ0v) is 15.1. The van der Waals surface area contributed by atoms with Crippen LogP contribution in [0.15, 0.2) is 28.7 Å². The predicted molar refractivity (Wildman–Crippen MR) is 85.9 cm³/mol. The van der Waals surface area contributed by atoms with E-state index in [9.17, 15) is 0 Å². The van der Waals surface area contributed by atoms with Gasteiger partial charge < -0.3 is 0 Å². The van der Waals surface area contributed by atoms with Crippen LogP contribution in [0.25, 0.3) is 0 Å². The summed E-state index contributed by atoms with van der Waals surface area (Å²) in [5.74, 6) is 0.747. The second-order valence-electron chi connectivity index (χ2n) is 4.40. The quantitative estimate of drug-likeness (QED) is 0.654. The summed E-state index contributed by atoms with van der Waals surface area (Å²) in [7, 11) is 1.78. The van der Waals surface area contributed by atoms with Crippen LogP contribution in [-0.4, -0.2) is 30.9 Å². The lowest BCUT2D eigenvalue weighted by Gasteiger charge is -2.30. The first-order valence-electron chi connectivity index (χ1n) is 5.71. The molecule has 2 aromatic rings. The van der Waals surface area contributed by atoms with Crippen LogP contribution >= 0.6 is 47.8 Å². The first-order chi connectivity index (χ1) is 9.11. The van der Waals surface area contributed by atoms with E-state index >= 15 is 0 Å². The molecule has 7 heteroatoms. The Hall–Kier alpha value is -0.270. The van der Waals surface area contributed by atoms with Crippen molar-refractivity contribution in [2.45, 2.75) is 11.8 Å². The van der Waals surface area contributed by atoms with Gasteiger partial charge in [0.2, 0.25) is 0 Å². The molecule has 0 fully saturated rings. The number of tetrazole rings is 1. The number of hydrogen-bond acceptors (Lipinski definition) is 3. The number of aromatic nitrogens is 4. The summed E-state index contributed by atoms with van der Waals surface area (Å²) in [6.07, 6.45) is 0.722. The molecule has 102 valence electrons. The Labute approximate surface area is 137 Å². The molecule has 0 saturated carbocycles. The molecule has 0 aliphatic carbocycles. The Morgan fingerprint density at radius 3 is 2.42 bits per heavy atom. The first-order valence-corrected chi connectivity index (χ1v) is 8.75. The zero-order valence-electron chi connectivity index (χ0n) is 10.4. The van der Waals surface area contributed by atoms with Crippen LogP contribution in [0.2, 0.25) is 0 Å². The van der Waals surface area contributed by atoms with Gasteiger partial charge in [0.05, 0.1) is 7.05 Å². The van der Waals surface area contributed by atoms with E-state index < -0.39 is 0 Å². The highest BCUT2D eigenvalue weighted by Crippen LogP contribution is 2.36. The molecule has 2 rings (SSSR count). The first kappa shape index (κ1) is 15.1. The van der Waals surface area contributed by atoms with Gasteiger partial charge in [-0.15, -0.1) is 10.2 Å². The summed E-state index contributed by atoms with van der Waals surface area (Å²) in [5.41, 5.74) is 1.12. The van der Waals surface area contributed by atoms with Crippen molar-refractivity contribution in [2.75, 3.05) is 10.7 Å². The standard InChI is InChI=1S/C12H13Br3N4/c1-19-17-11(16-18-19)6-12(7-13,8-14)9-4-2-3-5-10(9)15/h2-5H,6-8H2,1H3. The third-order valence-corrected chi connectivity index (χ3v) is 5.84. The minimum atomic E-state index is -0.108. The largest absolute Gasteiger partial charge is 0.175 e. The minimum absolute atomic E-state index is 0.108. The van der Waals surface area contributed by atoms with Crippen molar-refractivity contribution >= 4 is 47.8 Å². The van der Waals surface area contributed by atoms with Crippen molar-refractivity contribution in [3.63, 3.8) is 0 Å². The van der Waals surface area contributed by atoms with Gasteiger partial charge >= 0.3 is 0 Å². The van der Waals surface area contributed by atoms with Crippen LogP contribution in [0.1, 0.15) is 11.4 Å². The highest BCUT2D eigenvalue weighted by molar-refractivity contribution is 9.10. The van der Waals surface area contributed by atoms with Crippen LogP contribution in [0.4, 0.5) is 0 Å². The molecule has 0 unspecified atom stereocenters. The number of hydrogen-bond donors (Lipinski definition) is 0. The van der Waals surface area contributed by atoms with Gasteiger partial charge in [0.15, 0.2) is 5.82 Å². The molecule has 0 aliphatic rings. The number of benzene rings is 1. The molecule has 1 heterocycles. The van der Waals surface area contributed by atoms with E-state index in [1.165, 1.54) is 10.4 Å². The highest BCUT2D eigenvalue weighted by atomic mass is 79.9. The molecule has 0 aliphatic heterocycles. The fraction of sp³-hybridized carbons (Fsp3) is 0.417. The number of aryl methyl sites for hydroxylation is 1. The van der Waals surface area contributed by atoms with Crippen molar-refractivity contribution in [2.24, 2.45) is 7.05 Å². The Morgan fingerprint density at radius 1 is 1.21 bits per heavy atom. The summed E-state index contributed by atoms with van der Waals surface area (Å²) in [5, 5.41) is 13.9. The maximum atomic E-state index is 4.28. The Morgan fingerprint density at radius 2 is 1.89 bits per heavy atom. The maximum Gasteiger partial charge on any atom is 0.175 e. The van der Waals surface area contributed by atoms with Crippen LogP contribution in [-0.2, 0) is 18.9 Å². The molecule has 0 N–H and O–H groups in total. The number of halogens is 3. The number of rotatable bonds is 5. The average Bonchev–Trinajstić information content (AvgIpc) is 2.82. The monoisotopic (exact) mass is 450 g/mol. The minimum Gasteiger partial charge on any atom is -0.167 e. The predicted octanol–water partition coefficient (Wildman–Crippen LogP) is 3.24. The van der Waals surface area contributed by atoms with E-state index in [1.54, 1.807) is 7.05 Å². The SMILES string of the molecule is Cn1nnc(CC(CBr)(CBr)c2ccccc2Br)n1. The van der Waals surface area contributed by atoms with Crippen LogP contribution in [0, 0.1) is 0 Å². The second-order valence-corrected chi connectivity index (χ2v) is 6.38. The normalized spacial score (nSPS) is 11.8. The molecule has 0 atom stereocenters. The zero-order chi connectivity index (χ0) is 13.9. The molecule has 0 amide bonds. The molecule has 1 aromatic heterocycles. The van der Waals surface area contributed by atoms with Gasteiger partial charge in [-0.3, -0.25) is 0 Å². The lowest BCUT2D eigenvalue weighted by molar-refractivity contribution is 0.528. The fourth-order valence-corrected chi connectivity index (χ4v) is 4.59. The van der Waals surface area contributed by atoms with Crippen molar-refractivity contribution in [3.05, 3.63) is 40.1 Å². The van der Waals surface area contributed by atoms with Gasteiger partial charge in [-0.2, -0.15) is 4.80 Å². The van der Waals surface area contributed by atoms with Gasteiger partial charge in [0, 0.05) is 27.0 Å². The number of nitrogens with zero attached hydrogens (tertiary/aromatic N) is 4. The molecule has 19 heavy (non-hydrogen) atoms. The maximum absolute atomic E-state index is 4.28. The smallest absolute Gasteiger partial charge is 0.167 e. The molecular weight excluding hydrogens is 440 g/mol. The van der Waals surface area contributed by atoms with E-state index in [0.29, 0.717) is 0 Å². The summed E-state index contributed by atoms with van der Waals surface area (Å²) in [4.78, 5) is 1.49. The molecule has 0 saturated heterocycles. The van der Waals surface area contributed by atoms with E-state index in [-0.39, 0.29) is 5.41 Å². The van der Waals surface area contributed by atoms with Crippen LogP contribution in [0.5, 0.6) is 0 Å². The molecule has 4 nitrogen and oxygen atoms in total. The topological polar surface area (TPSA) is 43.6 Å². The van der Waals surface area contributed by atoms with Crippen molar-refractivity contribution < 1.29 is 0 Å². The lowest BCUT2D eigenvalue weighted by atomic mass is 9.81. The van der Waals surface area contributed by atoms with Gasteiger partial charge in [0.1, 0.15) is 0 Å². The lowest BCUT2D eigenvalue weighted by Crippen LogP contribution is -2.34. The molecule has 0 radical (unpaired) electrons. The molecule has 1 aromatic carbocycles. The Bertz CT molecular complexity index is 551. The summed E-state index contributed by atoms with van der Waals surface area (Å²) in [6.45, 7) is 0. The molecule has 0 bridgehead atoms. The van der Waals surface area contributed by atoms with E-state index in [4.69, 9.17) is 0 Å². The van der Waals surface area contributed by atoms with Crippen LogP contribution < -0.4 is 0 Å². The van der Waals surface area contributed by atoms with E-state index in [2.05, 4.69) is 75.3 Å². The van der Waals surface area contributed by atoms with Gasteiger partial charge in [-0.05, 0) is 16.8 Å². The van der Waals surface area contributed by atoms with Gasteiger partial charge in [-0.25, -0.2) is 0 Å². The second kappa shape index (κ2) is 6.45. The van der Waals surface area contributed by atoms with Crippen molar-refractivity contribution in [1.29, 1.82) is 0 Å². The summed E-state index contributed by atoms with van der Waals surface area (Å²) >= 11 is 10.9. The number of alkyl halides is 2. The average molecular weight is 453 g/mol. The van der Waals surface area contributed by atoms with Crippen molar-refractivity contribution in [1.82, 2.24) is 20.2 Å². The van der Waals surface area contributed by atoms with Gasteiger partial charge in [0.25, 0.3) is 0 Å². The van der Waals surface area contributed by atoms with Crippen molar-refractivity contribution in [3.8, 4) is 0 Å². The van der Waals surface area contributed by atoms with Gasteiger partial charge in [-0.1, -0.05) is 66.0 Å². The highest BCUT2D eigenvalue weighted by Gasteiger charge is 2.33. The third-order valence-electron chi connectivity index (χ3n) is 3.00. The Balaban J connectivity index is 2.40.